The molecule has 5 aliphatic carbocycles. The second-order valence-corrected chi connectivity index (χ2v) is 15.1. The van der Waals surface area contributed by atoms with E-state index in [1.807, 2.05) is 0 Å². The number of rotatable bonds is 1. The van der Waals surface area contributed by atoms with Crippen LogP contribution in [0.5, 0.6) is 0 Å². The molecule has 3 N–H and O–H groups in total. The average molecular weight is 459 g/mol. The van der Waals surface area contributed by atoms with Crippen molar-refractivity contribution in [2.45, 2.75) is 125 Å². The molecule has 0 aromatic carbocycles. The van der Waals surface area contributed by atoms with Gasteiger partial charge in [-0.05, 0) is 97.7 Å². The summed E-state index contributed by atoms with van der Waals surface area (Å²) in [4.78, 5) is 0. The lowest BCUT2D eigenvalue weighted by Crippen LogP contribution is -2.65. The summed E-state index contributed by atoms with van der Waals surface area (Å²) in [7, 11) is 0. The van der Waals surface area contributed by atoms with Crippen LogP contribution in [-0.4, -0.2) is 34.1 Å². The van der Waals surface area contributed by atoms with Gasteiger partial charge in [-0.1, -0.05) is 59.6 Å². The molecule has 3 heteroatoms. The Morgan fingerprint density at radius 3 is 2.12 bits per heavy atom. The summed E-state index contributed by atoms with van der Waals surface area (Å²) < 4.78 is 0. The highest BCUT2D eigenvalue weighted by atomic mass is 16.3. The summed E-state index contributed by atoms with van der Waals surface area (Å²) in [6.45, 7) is 17.0. The normalized spacial score (nSPS) is 55.8. The molecule has 0 aliphatic heterocycles. The van der Waals surface area contributed by atoms with Crippen molar-refractivity contribution < 1.29 is 15.3 Å². The van der Waals surface area contributed by atoms with Crippen LogP contribution in [0.15, 0.2) is 11.1 Å². The van der Waals surface area contributed by atoms with Crippen LogP contribution in [0.4, 0.5) is 0 Å². The summed E-state index contributed by atoms with van der Waals surface area (Å²) >= 11 is 0. The molecule has 0 radical (unpaired) electrons. The molecule has 4 saturated carbocycles. The van der Waals surface area contributed by atoms with Crippen LogP contribution >= 0.6 is 0 Å². The number of allylic oxidation sites excluding steroid dienone is 1. The molecular weight excluding hydrogens is 408 g/mol. The Hall–Kier alpha value is -0.380. The van der Waals surface area contributed by atoms with Gasteiger partial charge in [0.05, 0.1) is 18.8 Å². The van der Waals surface area contributed by atoms with Crippen LogP contribution in [-0.2, 0) is 0 Å². The minimum absolute atomic E-state index is 0.0426. The smallest absolute Gasteiger partial charge is 0.0636 e. The van der Waals surface area contributed by atoms with Gasteiger partial charge in [-0.25, -0.2) is 0 Å². The minimum Gasteiger partial charge on any atom is -0.396 e. The topological polar surface area (TPSA) is 60.7 Å². The summed E-state index contributed by atoms with van der Waals surface area (Å²) in [6.07, 6.45) is 10.3. The molecule has 0 unspecified atom stereocenters. The molecule has 5 rings (SSSR count). The van der Waals surface area contributed by atoms with Gasteiger partial charge in [0.2, 0.25) is 0 Å². The van der Waals surface area contributed by atoms with Gasteiger partial charge in [0, 0.05) is 10.8 Å². The number of hydrogen-bond donors (Lipinski definition) is 3. The van der Waals surface area contributed by atoms with E-state index in [4.69, 9.17) is 0 Å². The maximum Gasteiger partial charge on any atom is 0.0636 e. The fourth-order valence-electron chi connectivity index (χ4n) is 10.7. The van der Waals surface area contributed by atoms with E-state index < -0.39 is 0 Å². The third-order valence-corrected chi connectivity index (χ3v) is 13.1. The van der Waals surface area contributed by atoms with Crippen molar-refractivity contribution in [1.82, 2.24) is 0 Å². The number of hydrogen-bond acceptors (Lipinski definition) is 3. The van der Waals surface area contributed by atoms with Gasteiger partial charge < -0.3 is 15.3 Å². The largest absolute Gasteiger partial charge is 0.396 e. The molecule has 3 nitrogen and oxygen atoms in total. The quantitative estimate of drug-likeness (QED) is 0.407. The van der Waals surface area contributed by atoms with E-state index in [0.29, 0.717) is 11.8 Å². The highest BCUT2D eigenvalue weighted by molar-refractivity contribution is 5.39. The number of aliphatic hydroxyl groups is 3. The molecular formula is C30H50O3. The van der Waals surface area contributed by atoms with Gasteiger partial charge in [0.1, 0.15) is 0 Å². The van der Waals surface area contributed by atoms with Crippen LogP contribution in [0.25, 0.3) is 0 Å². The van der Waals surface area contributed by atoms with Crippen molar-refractivity contribution in [3.63, 3.8) is 0 Å². The Morgan fingerprint density at radius 2 is 1.45 bits per heavy atom. The minimum atomic E-state index is -0.386. The lowest BCUT2D eigenvalue weighted by Gasteiger charge is -2.71. The van der Waals surface area contributed by atoms with E-state index in [1.165, 1.54) is 25.7 Å². The molecule has 188 valence electrons. The van der Waals surface area contributed by atoms with E-state index in [1.54, 1.807) is 11.1 Å². The molecule has 9 atom stereocenters. The zero-order valence-electron chi connectivity index (χ0n) is 22.4. The monoisotopic (exact) mass is 458 g/mol. The standard InChI is InChI=1S/C30H50O3/c1-25(2)16-20-19-8-9-22-27(4)12-11-23(32)28(5,18-31)21(27)10-13-30(22,7)29(19,6)15-14-26(20,3)24(33)17-25/h21-24,31-33H,8-18H2,1-7H3/t21-,22-,23-,24+,26+,27+,28-,29+,30-/m0/s1. The third kappa shape index (κ3) is 2.91. The first kappa shape index (κ1) is 24.3. The zero-order chi connectivity index (χ0) is 24.2. The molecule has 0 spiro atoms. The maximum atomic E-state index is 11.3. The number of fused-ring (bicyclic) bond motifs is 6. The highest BCUT2D eigenvalue weighted by Gasteiger charge is 2.68. The van der Waals surface area contributed by atoms with Crippen molar-refractivity contribution in [2.75, 3.05) is 6.61 Å². The molecule has 0 aromatic rings. The summed E-state index contributed by atoms with van der Waals surface area (Å²) in [5, 5.41) is 32.6. The van der Waals surface area contributed by atoms with E-state index in [9.17, 15) is 15.3 Å². The molecule has 0 heterocycles. The van der Waals surface area contributed by atoms with Gasteiger partial charge in [0.15, 0.2) is 0 Å². The highest BCUT2D eigenvalue weighted by Crippen LogP contribution is 2.75. The third-order valence-electron chi connectivity index (χ3n) is 13.1. The second-order valence-electron chi connectivity index (χ2n) is 15.1. The predicted molar refractivity (Wildman–Crippen MR) is 134 cm³/mol. The van der Waals surface area contributed by atoms with Crippen molar-refractivity contribution >= 4 is 0 Å². The predicted octanol–water partition coefficient (Wildman–Crippen LogP) is 6.26. The fourth-order valence-corrected chi connectivity index (χ4v) is 10.7. The van der Waals surface area contributed by atoms with Crippen molar-refractivity contribution in [3.8, 4) is 0 Å². The molecule has 33 heavy (non-hydrogen) atoms. The van der Waals surface area contributed by atoms with Gasteiger partial charge >= 0.3 is 0 Å². The Kier molecular flexibility index (Phi) is 5.23. The van der Waals surface area contributed by atoms with Crippen molar-refractivity contribution in [1.29, 1.82) is 0 Å². The van der Waals surface area contributed by atoms with Crippen molar-refractivity contribution in [3.05, 3.63) is 11.1 Å². The van der Waals surface area contributed by atoms with E-state index >= 15 is 0 Å². The maximum absolute atomic E-state index is 11.3. The molecule has 0 aromatic heterocycles. The first-order chi connectivity index (χ1) is 15.2. The van der Waals surface area contributed by atoms with Gasteiger partial charge in [-0.2, -0.15) is 0 Å². The molecule has 0 amide bonds. The SMILES string of the molecule is CC1(C)CC2=C3CC[C@H]4[C@]5(C)CC[C@H](O)[C@@](C)(CO)[C@H]5CC[C@]4(C)[C@]3(C)CC[C@@]2(C)[C@H](O)C1. The Balaban J connectivity index is 1.60. The molecule has 5 aliphatic rings. The van der Waals surface area contributed by atoms with Crippen LogP contribution in [0.1, 0.15) is 113 Å². The lowest BCUT2D eigenvalue weighted by atomic mass is 9.34. The first-order valence-corrected chi connectivity index (χ1v) is 13.9. The number of aliphatic hydroxyl groups excluding tert-OH is 3. The Morgan fingerprint density at radius 1 is 0.758 bits per heavy atom. The lowest BCUT2D eigenvalue weighted by molar-refractivity contribution is -0.217. The summed E-state index contributed by atoms with van der Waals surface area (Å²) in [6, 6.07) is 0. The zero-order valence-corrected chi connectivity index (χ0v) is 22.4. The average Bonchev–Trinajstić information content (AvgIpc) is 2.73. The van der Waals surface area contributed by atoms with E-state index in [0.717, 1.165) is 38.5 Å². The van der Waals surface area contributed by atoms with Crippen LogP contribution in [0.2, 0.25) is 0 Å². The van der Waals surface area contributed by atoms with E-state index in [-0.39, 0.29) is 51.3 Å². The second kappa shape index (κ2) is 7.10. The fraction of sp³-hybridized carbons (Fsp3) is 0.933. The first-order valence-electron chi connectivity index (χ1n) is 13.9. The van der Waals surface area contributed by atoms with Crippen molar-refractivity contribution in [2.24, 2.45) is 44.3 Å². The van der Waals surface area contributed by atoms with Gasteiger partial charge in [0.25, 0.3) is 0 Å². The molecule has 0 saturated heterocycles. The van der Waals surface area contributed by atoms with E-state index in [2.05, 4.69) is 48.5 Å². The Labute approximate surface area is 202 Å². The van der Waals surface area contributed by atoms with Gasteiger partial charge in [-0.15, -0.1) is 0 Å². The molecule has 0 bridgehead atoms. The van der Waals surface area contributed by atoms with Gasteiger partial charge in [-0.3, -0.25) is 0 Å². The molecule has 4 fully saturated rings. The summed E-state index contributed by atoms with van der Waals surface area (Å²) in [5.41, 5.74) is 3.69. The Bertz CT molecular complexity index is 861. The summed E-state index contributed by atoms with van der Waals surface area (Å²) in [5.74, 6) is 1.02. The van der Waals surface area contributed by atoms with Crippen LogP contribution in [0, 0.1) is 44.3 Å². The van der Waals surface area contributed by atoms with Crippen LogP contribution in [0.3, 0.4) is 0 Å². The van der Waals surface area contributed by atoms with Crippen LogP contribution < -0.4 is 0 Å².